The van der Waals surface area contributed by atoms with Crippen LogP contribution in [0.2, 0.25) is 5.15 Å². The molecule has 0 aliphatic rings. The van der Waals surface area contributed by atoms with Crippen molar-refractivity contribution in [2.75, 3.05) is 5.32 Å². The van der Waals surface area contributed by atoms with E-state index in [1.807, 2.05) is 30.3 Å². The van der Waals surface area contributed by atoms with Crippen LogP contribution in [0.5, 0.6) is 0 Å². The van der Waals surface area contributed by atoms with E-state index in [-0.39, 0.29) is 0 Å². The van der Waals surface area contributed by atoms with E-state index in [4.69, 9.17) is 11.6 Å². The Kier molecular flexibility index (Phi) is 3.28. The number of aryl methyl sites for hydroxylation is 2. The van der Waals surface area contributed by atoms with Crippen molar-refractivity contribution in [3.63, 3.8) is 0 Å². The lowest BCUT2D eigenvalue weighted by atomic mass is 10.1. The van der Waals surface area contributed by atoms with E-state index in [0.717, 1.165) is 16.7 Å². The zero-order chi connectivity index (χ0) is 14.1. The van der Waals surface area contributed by atoms with Crippen molar-refractivity contribution in [3.05, 3.63) is 58.7 Å². The van der Waals surface area contributed by atoms with Crippen LogP contribution in [0, 0.1) is 13.8 Å². The van der Waals surface area contributed by atoms with Crippen LogP contribution in [0.1, 0.15) is 11.1 Å². The van der Waals surface area contributed by atoms with Gasteiger partial charge in [0, 0.05) is 5.69 Å². The summed E-state index contributed by atoms with van der Waals surface area (Å²) in [5.74, 6) is 0.577. The SMILES string of the molecule is Cc1ccc(Nc2nc3ccccc3nc2Cl)cc1C. The third-order valence-corrected chi connectivity index (χ3v) is 3.56. The summed E-state index contributed by atoms with van der Waals surface area (Å²) in [5.41, 5.74) is 5.05. The molecule has 100 valence electrons. The first kappa shape index (κ1) is 12.9. The minimum atomic E-state index is 0.377. The number of nitrogens with one attached hydrogen (secondary N) is 1. The molecule has 0 bridgehead atoms. The number of nitrogens with zero attached hydrogens (tertiary/aromatic N) is 2. The molecule has 3 rings (SSSR count). The van der Waals surface area contributed by atoms with Gasteiger partial charge in [0.05, 0.1) is 11.0 Å². The second kappa shape index (κ2) is 5.10. The van der Waals surface area contributed by atoms with Crippen LogP contribution in [0.3, 0.4) is 0 Å². The normalized spacial score (nSPS) is 10.8. The molecule has 0 fully saturated rings. The van der Waals surface area contributed by atoms with Gasteiger partial charge < -0.3 is 5.32 Å². The highest BCUT2D eigenvalue weighted by Gasteiger charge is 2.07. The quantitative estimate of drug-likeness (QED) is 0.744. The third-order valence-electron chi connectivity index (χ3n) is 3.30. The van der Waals surface area contributed by atoms with Crippen molar-refractivity contribution in [2.45, 2.75) is 13.8 Å². The van der Waals surface area contributed by atoms with Crippen LogP contribution in [0.15, 0.2) is 42.5 Å². The van der Waals surface area contributed by atoms with Gasteiger partial charge in [0.15, 0.2) is 11.0 Å². The summed E-state index contributed by atoms with van der Waals surface area (Å²) in [6.45, 7) is 4.16. The van der Waals surface area contributed by atoms with E-state index >= 15 is 0 Å². The highest BCUT2D eigenvalue weighted by molar-refractivity contribution is 6.32. The summed E-state index contributed by atoms with van der Waals surface area (Å²) in [7, 11) is 0. The summed E-state index contributed by atoms with van der Waals surface area (Å²) in [6, 6.07) is 13.8. The van der Waals surface area contributed by atoms with Crippen molar-refractivity contribution >= 4 is 34.1 Å². The second-order valence-electron chi connectivity index (χ2n) is 4.78. The van der Waals surface area contributed by atoms with Crippen molar-refractivity contribution in [1.29, 1.82) is 0 Å². The predicted octanol–water partition coefficient (Wildman–Crippen LogP) is 4.64. The molecule has 2 aromatic carbocycles. The summed E-state index contributed by atoms with van der Waals surface area (Å²) in [6.07, 6.45) is 0. The van der Waals surface area contributed by atoms with Crippen LogP contribution in [-0.2, 0) is 0 Å². The maximum absolute atomic E-state index is 6.19. The standard InChI is InChI=1S/C16H14ClN3/c1-10-7-8-12(9-11(10)2)18-16-15(17)19-13-5-3-4-6-14(13)20-16/h3-9H,1-2H3,(H,18,20). The van der Waals surface area contributed by atoms with E-state index in [1.165, 1.54) is 11.1 Å². The monoisotopic (exact) mass is 283 g/mol. The molecule has 3 nitrogen and oxygen atoms in total. The van der Waals surface area contributed by atoms with E-state index < -0.39 is 0 Å². The summed E-state index contributed by atoms with van der Waals surface area (Å²) >= 11 is 6.19. The topological polar surface area (TPSA) is 37.8 Å². The number of halogens is 1. The lowest BCUT2D eigenvalue weighted by Gasteiger charge is -2.10. The summed E-state index contributed by atoms with van der Waals surface area (Å²) < 4.78 is 0. The average Bonchev–Trinajstić information content (AvgIpc) is 2.44. The van der Waals surface area contributed by atoms with E-state index in [2.05, 4.69) is 41.3 Å². The smallest absolute Gasteiger partial charge is 0.172 e. The molecule has 0 saturated heterocycles. The van der Waals surface area contributed by atoms with Crippen LogP contribution < -0.4 is 5.32 Å². The fourth-order valence-electron chi connectivity index (χ4n) is 2.01. The Hall–Kier alpha value is -2.13. The molecule has 0 saturated carbocycles. The molecule has 0 spiro atoms. The minimum absolute atomic E-state index is 0.377. The van der Waals surface area contributed by atoms with Crippen LogP contribution in [0.25, 0.3) is 11.0 Å². The lowest BCUT2D eigenvalue weighted by Crippen LogP contribution is -1.98. The predicted molar refractivity (Wildman–Crippen MR) is 83.7 cm³/mol. The Morgan fingerprint density at radius 2 is 1.60 bits per heavy atom. The van der Waals surface area contributed by atoms with Crippen molar-refractivity contribution < 1.29 is 0 Å². The van der Waals surface area contributed by atoms with E-state index in [9.17, 15) is 0 Å². The van der Waals surface area contributed by atoms with E-state index in [0.29, 0.717) is 11.0 Å². The van der Waals surface area contributed by atoms with Gasteiger partial charge in [0.2, 0.25) is 0 Å². The number of hydrogen-bond acceptors (Lipinski definition) is 3. The second-order valence-corrected chi connectivity index (χ2v) is 5.13. The third kappa shape index (κ3) is 2.45. The van der Waals surface area contributed by atoms with Gasteiger partial charge in [-0.1, -0.05) is 29.8 Å². The van der Waals surface area contributed by atoms with Gasteiger partial charge in [-0.3, -0.25) is 0 Å². The number of anilines is 2. The molecule has 0 unspecified atom stereocenters. The molecule has 0 amide bonds. The van der Waals surface area contributed by atoms with Crippen LogP contribution >= 0.6 is 11.6 Å². The summed E-state index contributed by atoms with van der Waals surface area (Å²) in [5, 5.41) is 3.60. The Bertz CT molecular complexity index is 784. The molecule has 0 aliphatic carbocycles. The lowest BCUT2D eigenvalue weighted by molar-refractivity contribution is 1.27. The highest BCUT2D eigenvalue weighted by atomic mass is 35.5. The van der Waals surface area contributed by atoms with Gasteiger partial charge in [-0.25, -0.2) is 9.97 Å². The molecule has 20 heavy (non-hydrogen) atoms. The Morgan fingerprint density at radius 1 is 0.900 bits per heavy atom. The Morgan fingerprint density at radius 3 is 2.30 bits per heavy atom. The van der Waals surface area contributed by atoms with E-state index in [1.54, 1.807) is 0 Å². The zero-order valence-electron chi connectivity index (χ0n) is 11.3. The first-order chi connectivity index (χ1) is 9.63. The maximum Gasteiger partial charge on any atom is 0.172 e. The molecule has 0 atom stereocenters. The molecular weight excluding hydrogens is 270 g/mol. The minimum Gasteiger partial charge on any atom is -0.338 e. The maximum atomic E-state index is 6.19. The molecule has 0 aliphatic heterocycles. The number of para-hydroxylation sites is 2. The fraction of sp³-hybridized carbons (Fsp3) is 0.125. The first-order valence-electron chi connectivity index (χ1n) is 6.40. The molecule has 1 aromatic heterocycles. The summed E-state index contributed by atoms with van der Waals surface area (Å²) in [4.78, 5) is 8.87. The molecule has 3 aromatic rings. The van der Waals surface area contributed by atoms with Gasteiger partial charge in [0.1, 0.15) is 0 Å². The molecule has 1 heterocycles. The average molecular weight is 284 g/mol. The molecule has 0 radical (unpaired) electrons. The number of rotatable bonds is 2. The van der Waals surface area contributed by atoms with Gasteiger partial charge in [-0.2, -0.15) is 0 Å². The molecule has 1 N–H and O–H groups in total. The number of benzene rings is 2. The fourth-order valence-corrected chi connectivity index (χ4v) is 2.19. The van der Waals surface area contributed by atoms with Crippen LogP contribution in [0.4, 0.5) is 11.5 Å². The molecule has 4 heteroatoms. The van der Waals surface area contributed by atoms with Crippen molar-refractivity contribution in [2.24, 2.45) is 0 Å². The number of fused-ring (bicyclic) bond motifs is 1. The van der Waals surface area contributed by atoms with Gasteiger partial charge >= 0.3 is 0 Å². The number of aromatic nitrogens is 2. The van der Waals surface area contributed by atoms with Crippen molar-refractivity contribution in [1.82, 2.24) is 9.97 Å². The number of hydrogen-bond donors (Lipinski definition) is 1. The van der Waals surface area contributed by atoms with Crippen LogP contribution in [-0.4, -0.2) is 9.97 Å². The highest BCUT2D eigenvalue weighted by Crippen LogP contribution is 2.25. The molecular formula is C16H14ClN3. The zero-order valence-corrected chi connectivity index (χ0v) is 12.1. The first-order valence-corrected chi connectivity index (χ1v) is 6.78. The van der Waals surface area contributed by atoms with Gasteiger partial charge in [-0.15, -0.1) is 0 Å². The largest absolute Gasteiger partial charge is 0.338 e. The van der Waals surface area contributed by atoms with Crippen molar-refractivity contribution in [3.8, 4) is 0 Å². The Labute approximate surface area is 122 Å². The van der Waals surface area contributed by atoms with Gasteiger partial charge in [-0.05, 0) is 49.2 Å². The Balaban J connectivity index is 2.01. The van der Waals surface area contributed by atoms with Gasteiger partial charge in [0.25, 0.3) is 0 Å².